The fraction of sp³-hybridized carbons (Fsp3) is 1.00. The molecule has 1 saturated heterocycles. The molecule has 1 fully saturated rings. The summed E-state index contributed by atoms with van der Waals surface area (Å²) in [6.45, 7) is 3.44. The molecule has 0 radical (unpaired) electrons. The molecule has 0 spiro atoms. The Morgan fingerprint density at radius 2 is 2.10 bits per heavy atom. The van der Waals surface area contributed by atoms with Gasteiger partial charge in [0.05, 0.1) is 0 Å². The highest BCUT2D eigenvalue weighted by atomic mass is 35.5. The van der Waals surface area contributed by atoms with Crippen LogP contribution in [0.4, 0.5) is 0 Å². The number of halogens is 1. The second-order valence-electron chi connectivity index (χ2n) is 3.02. The van der Waals surface area contributed by atoms with Gasteiger partial charge in [-0.25, -0.2) is 0 Å². The Bertz CT molecular complexity index is 81.7. The molecule has 0 aromatic heterocycles. The standard InChI is InChI=1S/C7H16N2.ClH/c1-9-5-7(6-9)3-2-4-8;/h7H,2-6,8H2,1H3;1H. The maximum absolute atomic E-state index is 5.38. The zero-order valence-corrected chi connectivity index (χ0v) is 7.36. The van der Waals surface area contributed by atoms with Crippen molar-refractivity contribution in [1.29, 1.82) is 0 Å². The Morgan fingerprint density at radius 3 is 2.50 bits per heavy atom. The van der Waals surface area contributed by atoms with Crippen LogP contribution in [0.15, 0.2) is 0 Å². The van der Waals surface area contributed by atoms with Crippen LogP contribution in [0.2, 0.25) is 0 Å². The molecule has 62 valence electrons. The summed E-state index contributed by atoms with van der Waals surface area (Å²) in [6, 6.07) is 0. The number of rotatable bonds is 3. The van der Waals surface area contributed by atoms with Gasteiger partial charge in [0, 0.05) is 13.1 Å². The minimum absolute atomic E-state index is 0. The molecular weight excluding hydrogens is 148 g/mol. The first-order valence-corrected chi connectivity index (χ1v) is 3.71. The van der Waals surface area contributed by atoms with Gasteiger partial charge in [0.15, 0.2) is 0 Å². The van der Waals surface area contributed by atoms with Crippen molar-refractivity contribution >= 4 is 12.4 Å². The molecule has 0 unspecified atom stereocenters. The molecular formula is C7H17ClN2. The first-order valence-electron chi connectivity index (χ1n) is 3.71. The summed E-state index contributed by atoms with van der Waals surface area (Å²) in [7, 11) is 2.17. The van der Waals surface area contributed by atoms with Gasteiger partial charge in [-0.1, -0.05) is 0 Å². The summed E-state index contributed by atoms with van der Waals surface area (Å²) in [4.78, 5) is 2.35. The summed E-state index contributed by atoms with van der Waals surface area (Å²) in [6.07, 6.45) is 2.54. The van der Waals surface area contributed by atoms with Crippen molar-refractivity contribution in [2.75, 3.05) is 26.7 Å². The lowest BCUT2D eigenvalue weighted by molar-refractivity contribution is 0.126. The SMILES string of the molecule is CN1CC(CCCN)C1.Cl. The second kappa shape index (κ2) is 4.94. The van der Waals surface area contributed by atoms with Gasteiger partial charge in [-0.3, -0.25) is 0 Å². The molecule has 0 bridgehead atoms. The van der Waals surface area contributed by atoms with E-state index in [0.29, 0.717) is 0 Å². The van der Waals surface area contributed by atoms with E-state index >= 15 is 0 Å². The third kappa shape index (κ3) is 2.86. The van der Waals surface area contributed by atoms with Gasteiger partial charge in [-0.05, 0) is 32.4 Å². The fourth-order valence-corrected chi connectivity index (χ4v) is 1.42. The van der Waals surface area contributed by atoms with E-state index in [1.165, 1.54) is 25.9 Å². The van der Waals surface area contributed by atoms with Crippen molar-refractivity contribution in [3.63, 3.8) is 0 Å². The number of nitrogens with two attached hydrogens (primary N) is 1. The summed E-state index contributed by atoms with van der Waals surface area (Å²) >= 11 is 0. The zero-order valence-electron chi connectivity index (χ0n) is 6.55. The van der Waals surface area contributed by atoms with Gasteiger partial charge in [-0.2, -0.15) is 0 Å². The predicted octanol–water partition coefficient (Wildman–Crippen LogP) is 0.709. The van der Waals surface area contributed by atoms with E-state index in [0.717, 1.165) is 12.5 Å². The molecule has 0 atom stereocenters. The number of likely N-dealkylation sites (tertiary alicyclic amines) is 1. The minimum atomic E-state index is 0. The lowest BCUT2D eigenvalue weighted by atomic mass is 9.96. The van der Waals surface area contributed by atoms with Crippen molar-refractivity contribution in [3.8, 4) is 0 Å². The first kappa shape index (κ1) is 10.2. The Balaban J connectivity index is 0.000000810. The Labute approximate surface area is 69.2 Å². The van der Waals surface area contributed by atoms with Crippen LogP contribution < -0.4 is 5.73 Å². The summed E-state index contributed by atoms with van der Waals surface area (Å²) in [5.41, 5.74) is 5.38. The quantitative estimate of drug-likeness (QED) is 0.666. The summed E-state index contributed by atoms with van der Waals surface area (Å²) < 4.78 is 0. The predicted molar refractivity (Wildman–Crippen MR) is 46.5 cm³/mol. The topological polar surface area (TPSA) is 29.3 Å². The molecule has 0 aromatic carbocycles. The van der Waals surface area contributed by atoms with Crippen molar-refractivity contribution in [2.24, 2.45) is 11.7 Å². The molecule has 1 aliphatic rings. The van der Waals surface area contributed by atoms with E-state index in [2.05, 4.69) is 11.9 Å². The molecule has 0 aliphatic carbocycles. The van der Waals surface area contributed by atoms with E-state index in [9.17, 15) is 0 Å². The molecule has 0 saturated carbocycles. The Kier molecular flexibility index (Phi) is 5.04. The molecule has 1 aliphatic heterocycles. The largest absolute Gasteiger partial charge is 0.330 e. The zero-order chi connectivity index (χ0) is 6.69. The molecule has 1 rings (SSSR count). The van der Waals surface area contributed by atoms with Crippen LogP contribution in [-0.2, 0) is 0 Å². The Hall–Kier alpha value is 0.210. The van der Waals surface area contributed by atoms with Gasteiger partial charge in [0.1, 0.15) is 0 Å². The first-order chi connectivity index (χ1) is 4.33. The highest BCUT2D eigenvalue weighted by molar-refractivity contribution is 5.85. The molecule has 0 amide bonds. The highest BCUT2D eigenvalue weighted by Gasteiger charge is 2.21. The normalized spacial score (nSPS) is 19.8. The van der Waals surface area contributed by atoms with Gasteiger partial charge < -0.3 is 10.6 Å². The summed E-state index contributed by atoms with van der Waals surface area (Å²) in [5, 5.41) is 0. The van der Waals surface area contributed by atoms with Crippen molar-refractivity contribution in [1.82, 2.24) is 4.90 Å². The maximum atomic E-state index is 5.38. The van der Waals surface area contributed by atoms with Crippen molar-refractivity contribution in [3.05, 3.63) is 0 Å². The van der Waals surface area contributed by atoms with Crippen LogP contribution >= 0.6 is 12.4 Å². The molecule has 2 nitrogen and oxygen atoms in total. The highest BCUT2D eigenvalue weighted by Crippen LogP contribution is 2.17. The average Bonchev–Trinajstić information content (AvgIpc) is 1.78. The fourth-order valence-electron chi connectivity index (χ4n) is 1.42. The maximum Gasteiger partial charge on any atom is 0.00190 e. The van der Waals surface area contributed by atoms with Gasteiger partial charge in [0.2, 0.25) is 0 Å². The third-order valence-corrected chi connectivity index (χ3v) is 1.96. The van der Waals surface area contributed by atoms with Crippen LogP contribution in [0.3, 0.4) is 0 Å². The van der Waals surface area contributed by atoms with E-state index in [1.807, 2.05) is 0 Å². The van der Waals surface area contributed by atoms with E-state index < -0.39 is 0 Å². The molecule has 10 heavy (non-hydrogen) atoms. The third-order valence-electron chi connectivity index (χ3n) is 1.96. The molecule has 3 heteroatoms. The van der Waals surface area contributed by atoms with Crippen LogP contribution in [0.25, 0.3) is 0 Å². The van der Waals surface area contributed by atoms with Crippen molar-refractivity contribution < 1.29 is 0 Å². The van der Waals surface area contributed by atoms with Crippen LogP contribution in [-0.4, -0.2) is 31.6 Å². The molecule has 0 aromatic rings. The number of hydrogen-bond acceptors (Lipinski definition) is 2. The minimum Gasteiger partial charge on any atom is -0.330 e. The lowest BCUT2D eigenvalue weighted by Crippen LogP contribution is -2.43. The number of hydrogen-bond donors (Lipinski definition) is 1. The average molecular weight is 165 g/mol. The Morgan fingerprint density at radius 1 is 1.50 bits per heavy atom. The molecule has 2 N–H and O–H groups in total. The van der Waals surface area contributed by atoms with E-state index in [-0.39, 0.29) is 12.4 Å². The lowest BCUT2D eigenvalue weighted by Gasteiger charge is -2.36. The van der Waals surface area contributed by atoms with Crippen molar-refractivity contribution in [2.45, 2.75) is 12.8 Å². The van der Waals surface area contributed by atoms with Gasteiger partial charge in [0.25, 0.3) is 0 Å². The van der Waals surface area contributed by atoms with E-state index in [4.69, 9.17) is 5.73 Å². The monoisotopic (exact) mass is 164 g/mol. The van der Waals surface area contributed by atoms with Crippen LogP contribution in [0.1, 0.15) is 12.8 Å². The smallest absolute Gasteiger partial charge is 0.00190 e. The van der Waals surface area contributed by atoms with Crippen LogP contribution in [0.5, 0.6) is 0 Å². The number of nitrogens with zero attached hydrogens (tertiary/aromatic N) is 1. The van der Waals surface area contributed by atoms with E-state index in [1.54, 1.807) is 0 Å². The molecule has 1 heterocycles. The van der Waals surface area contributed by atoms with Crippen LogP contribution in [0, 0.1) is 5.92 Å². The van der Waals surface area contributed by atoms with Gasteiger partial charge >= 0.3 is 0 Å². The van der Waals surface area contributed by atoms with Gasteiger partial charge in [-0.15, -0.1) is 12.4 Å². The summed E-state index contributed by atoms with van der Waals surface area (Å²) in [5.74, 6) is 0.957. The second-order valence-corrected chi connectivity index (χ2v) is 3.02.